The Labute approximate surface area is 171 Å². The van der Waals surface area contributed by atoms with Gasteiger partial charge in [0.25, 0.3) is 0 Å². The summed E-state index contributed by atoms with van der Waals surface area (Å²) in [6.07, 6.45) is 6.53. The Balaban J connectivity index is 5.38. The van der Waals surface area contributed by atoms with Crippen molar-refractivity contribution in [3.8, 4) is 0 Å². The van der Waals surface area contributed by atoms with Gasteiger partial charge in [0, 0.05) is 20.5 Å². The van der Waals surface area contributed by atoms with E-state index in [1.54, 1.807) is 14.1 Å². The number of nitrogens with two attached hydrogens (primary N) is 1. The number of primary amides is 1. The quantitative estimate of drug-likeness (QED) is 0.515. The van der Waals surface area contributed by atoms with Crippen LogP contribution in [-0.2, 0) is 14.4 Å². The lowest BCUT2D eigenvalue weighted by Gasteiger charge is -2.36. The predicted molar refractivity (Wildman–Crippen MR) is 114 cm³/mol. The molecule has 28 heavy (non-hydrogen) atoms. The van der Waals surface area contributed by atoms with E-state index in [1.807, 2.05) is 39.8 Å². The van der Waals surface area contributed by atoms with Gasteiger partial charge in [0.2, 0.25) is 17.7 Å². The van der Waals surface area contributed by atoms with Gasteiger partial charge in [-0.05, 0) is 43.9 Å². The van der Waals surface area contributed by atoms with Gasteiger partial charge in [0.15, 0.2) is 0 Å². The van der Waals surface area contributed by atoms with Crippen LogP contribution in [-0.4, -0.2) is 53.7 Å². The van der Waals surface area contributed by atoms with Crippen molar-refractivity contribution in [2.45, 2.75) is 79.3 Å². The van der Waals surface area contributed by atoms with Gasteiger partial charge in [-0.25, -0.2) is 0 Å². The number of hydrogen-bond acceptors (Lipinski definition) is 3. The summed E-state index contributed by atoms with van der Waals surface area (Å²) in [5.74, 6) is -0.238. The first kappa shape index (κ1) is 26.1. The number of carbonyl (C=O) groups is 3. The molecular formula is C22H41N3O3. The van der Waals surface area contributed by atoms with Gasteiger partial charge in [0.05, 0.1) is 0 Å². The third-order valence-corrected chi connectivity index (χ3v) is 5.17. The highest BCUT2D eigenvalue weighted by atomic mass is 16.2. The van der Waals surface area contributed by atoms with Crippen LogP contribution >= 0.6 is 0 Å². The van der Waals surface area contributed by atoms with Crippen molar-refractivity contribution in [3.63, 3.8) is 0 Å². The fraction of sp³-hybridized carbons (Fsp3) is 0.773. The molecule has 0 aromatic rings. The largest absolute Gasteiger partial charge is 0.368 e. The summed E-state index contributed by atoms with van der Waals surface area (Å²) in [5, 5.41) is 0. The molecule has 0 saturated carbocycles. The van der Waals surface area contributed by atoms with Gasteiger partial charge in [-0.15, -0.1) is 0 Å². The third-order valence-electron chi connectivity index (χ3n) is 5.17. The molecule has 0 aliphatic rings. The van der Waals surface area contributed by atoms with E-state index < -0.39 is 18.0 Å². The molecule has 0 bridgehead atoms. The Hall–Kier alpha value is -1.85. The molecule has 0 aromatic heterocycles. The normalized spacial score (nSPS) is 14.9. The highest BCUT2D eigenvalue weighted by Crippen LogP contribution is 2.20. The second-order valence-electron chi connectivity index (χ2n) is 8.64. The lowest BCUT2D eigenvalue weighted by atomic mass is 9.95. The Morgan fingerprint density at radius 3 is 2.00 bits per heavy atom. The van der Waals surface area contributed by atoms with E-state index in [9.17, 15) is 14.4 Å². The molecule has 0 aromatic carbocycles. The second kappa shape index (κ2) is 12.6. The van der Waals surface area contributed by atoms with E-state index in [-0.39, 0.29) is 23.7 Å². The van der Waals surface area contributed by atoms with Crippen molar-refractivity contribution in [2.24, 2.45) is 23.5 Å². The highest BCUT2D eigenvalue weighted by molar-refractivity contribution is 5.91. The van der Waals surface area contributed by atoms with Crippen LogP contribution in [0.25, 0.3) is 0 Å². The molecule has 1 unspecified atom stereocenters. The predicted octanol–water partition coefficient (Wildman–Crippen LogP) is 3.21. The summed E-state index contributed by atoms with van der Waals surface area (Å²) in [4.78, 5) is 40.8. The van der Waals surface area contributed by atoms with E-state index in [0.29, 0.717) is 18.8 Å². The van der Waals surface area contributed by atoms with Crippen molar-refractivity contribution in [1.29, 1.82) is 0 Å². The first-order valence-corrected chi connectivity index (χ1v) is 10.4. The topological polar surface area (TPSA) is 83.7 Å². The molecule has 3 amide bonds. The maximum atomic E-state index is 13.2. The molecule has 0 aliphatic carbocycles. The minimum Gasteiger partial charge on any atom is -0.368 e. The van der Waals surface area contributed by atoms with Crippen molar-refractivity contribution in [1.82, 2.24) is 9.80 Å². The molecule has 162 valence electrons. The average molecular weight is 396 g/mol. The number of allylic oxidation sites excluding steroid dienone is 2. The van der Waals surface area contributed by atoms with E-state index in [1.165, 1.54) is 9.80 Å². The monoisotopic (exact) mass is 395 g/mol. The molecule has 3 atom stereocenters. The summed E-state index contributed by atoms with van der Waals surface area (Å²) in [6.45, 7) is 12.0. The number of carbonyl (C=O) groups excluding carboxylic acids is 3. The molecule has 2 N–H and O–H groups in total. The van der Waals surface area contributed by atoms with Gasteiger partial charge in [0.1, 0.15) is 12.1 Å². The first-order chi connectivity index (χ1) is 12.9. The van der Waals surface area contributed by atoms with E-state index in [0.717, 1.165) is 12.8 Å². The van der Waals surface area contributed by atoms with Gasteiger partial charge in [-0.1, -0.05) is 46.8 Å². The number of likely N-dealkylation sites (N-methyl/N-ethyl adjacent to an activating group) is 2. The van der Waals surface area contributed by atoms with Gasteiger partial charge in [-0.3, -0.25) is 14.4 Å². The summed E-state index contributed by atoms with van der Waals surface area (Å²) in [5.41, 5.74) is 5.61. The molecule has 6 heteroatoms. The van der Waals surface area contributed by atoms with Crippen molar-refractivity contribution in [3.05, 3.63) is 12.2 Å². The maximum Gasteiger partial charge on any atom is 0.246 e. The summed E-state index contributed by atoms with van der Waals surface area (Å²) in [6, 6.07) is -1.30. The lowest BCUT2D eigenvalue weighted by Crippen LogP contribution is -2.56. The highest BCUT2D eigenvalue weighted by Gasteiger charge is 2.36. The van der Waals surface area contributed by atoms with Gasteiger partial charge >= 0.3 is 0 Å². The molecular weight excluding hydrogens is 354 g/mol. The van der Waals surface area contributed by atoms with Crippen LogP contribution in [0.1, 0.15) is 67.2 Å². The summed E-state index contributed by atoms with van der Waals surface area (Å²) in [7, 11) is 3.29. The molecule has 0 radical (unpaired) electrons. The van der Waals surface area contributed by atoms with Crippen molar-refractivity contribution >= 4 is 17.7 Å². The Bertz CT molecular complexity index is 543. The molecule has 0 rings (SSSR count). The molecule has 0 aliphatic heterocycles. The van der Waals surface area contributed by atoms with Crippen LogP contribution in [0.3, 0.4) is 0 Å². The van der Waals surface area contributed by atoms with E-state index in [4.69, 9.17) is 5.73 Å². The first-order valence-electron chi connectivity index (χ1n) is 10.4. The van der Waals surface area contributed by atoms with E-state index >= 15 is 0 Å². The smallest absolute Gasteiger partial charge is 0.246 e. The fourth-order valence-corrected chi connectivity index (χ4v) is 3.31. The average Bonchev–Trinajstić information content (AvgIpc) is 2.60. The number of nitrogens with zero attached hydrogens (tertiary/aromatic N) is 2. The number of hydrogen-bond donors (Lipinski definition) is 1. The molecule has 0 heterocycles. The summed E-state index contributed by atoms with van der Waals surface area (Å²) >= 11 is 0. The van der Waals surface area contributed by atoms with Crippen LogP contribution in [0.15, 0.2) is 12.2 Å². The number of rotatable bonds is 12. The SMILES string of the molecule is C/C=C/C[C@@H](C)CC(C(N)=O)N(C)C(=O)[C@H](C(C)C)N(C)C(=O)CCC(C)C. The fourth-order valence-electron chi connectivity index (χ4n) is 3.31. The molecule has 0 fully saturated rings. The van der Waals surface area contributed by atoms with Crippen LogP contribution in [0.4, 0.5) is 0 Å². The molecule has 6 nitrogen and oxygen atoms in total. The van der Waals surface area contributed by atoms with Crippen molar-refractivity contribution < 1.29 is 14.4 Å². The van der Waals surface area contributed by atoms with Gasteiger partial charge < -0.3 is 15.5 Å². The zero-order chi connectivity index (χ0) is 22.0. The standard InChI is InChI=1S/C22H41N3O3/c1-9-10-11-17(6)14-18(21(23)27)24(7)22(28)20(16(4)5)25(8)19(26)13-12-15(2)3/h9-10,15-18,20H,11-14H2,1-8H3,(H2,23,27)/b10-9+/t17-,18?,20+/m1/s1. The maximum absolute atomic E-state index is 13.2. The Morgan fingerprint density at radius 2 is 1.57 bits per heavy atom. The van der Waals surface area contributed by atoms with Crippen LogP contribution in [0, 0.1) is 17.8 Å². The minimum atomic E-state index is -0.687. The van der Waals surface area contributed by atoms with Crippen molar-refractivity contribution in [2.75, 3.05) is 14.1 Å². The minimum absolute atomic E-state index is 0.0498. The zero-order valence-corrected chi connectivity index (χ0v) is 19.1. The van der Waals surface area contributed by atoms with Crippen LogP contribution < -0.4 is 5.73 Å². The third kappa shape index (κ3) is 8.44. The molecule has 0 spiro atoms. The van der Waals surface area contributed by atoms with E-state index in [2.05, 4.69) is 13.8 Å². The Kier molecular flexibility index (Phi) is 11.7. The Morgan fingerprint density at radius 1 is 1.00 bits per heavy atom. The zero-order valence-electron chi connectivity index (χ0n) is 19.1. The van der Waals surface area contributed by atoms with Crippen LogP contribution in [0.5, 0.6) is 0 Å². The number of amides is 3. The van der Waals surface area contributed by atoms with Crippen LogP contribution in [0.2, 0.25) is 0 Å². The lowest BCUT2D eigenvalue weighted by molar-refractivity contribution is -0.149. The summed E-state index contributed by atoms with van der Waals surface area (Å²) < 4.78 is 0. The molecule has 0 saturated heterocycles. The second-order valence-corrected chi connectivity index (χ2v) is 8.64. The van der Waals surface area contributed by atoms with Gasteiger partial charge in [-0.2, -0.15) is 0 Å².